The van der Waals surface area contributed by atoms with Gasteiger partial charge in [0.1, 0.15) is 0 Å². The monoisotopic (exact) mass is 385 g/mol. The summed E-state index contributed by atoms with van der Waals surface area (Å²) in [7, 11) is 0. The van der Waals surface area contributed by atoms with E-state index in [9.17, 15) is 14.9 Å². The fourth-order valence-electron chi connectivity index (χ4n) is 1.59. The lowest BCUT2D eigenvalue weighted by Crippen LogP contribution is -1.98. The van der Waals surface area contributed by atoms with E-state index >= 15 is 0 Å². The van der Waals surface area contributed by atoms with E-state index in [4.69, 9.17) is 5.11 Å². The predicted molar refractivity (Wildman–Crippen MR) is 79.6 cm³/mol. The zero-order chi connectivity index (χ0) is 14.7. The lowest BCUT2D eigenvalue weighted by molar-refractivity contribution is -0.385. The van der Waals surface area contributed by atoms with Crippen molar-refractivity contribution < 1.29 is 14.8 Å². The van der Waals surface area contributed by atoms with Crippen molar-refractivity contribution in [3.63, 3.8) is 0 Å². The standard InChI is InChI=1S/C12H8IN3O4/c13-9-6-14-15(7-9)10-2-3-11(16(19)20)8(5-10)1-4-12(17)18/h1-7H,(H,17,18)/b4-1+. The number of hydrogen-bond donors (Lipinski definition) is 1. The van der Waals surface area contributed by atoms with Crippen LogP contribution in [0.2, 0.25) is 0 Å². The van der Waals surface area contributed by atoms with Crippen molar-refractivity contribution in [2.45, 2.75) is 0 Å². The molecule has 1 N–H and O–H groups in total. The fourth-order valence-corrected chi connectivity index (χ4v) is 1.98. The highest BCUT2D eigenvalue weighted by Gasteiger charge is 2.13. The summed E-state index contributed by atoms with van der Waals surface area (Å²) in [6, 6.07) is 4.39. The average Bonchev–Trinajstić information content (AvgIpc) is 2.82. The lowest BCUT2D eigenvalue weighted by Gasteiger charge is -2.03. The van der Waals surface area contributed by atoms with Crippen LogP contribution in [-0.4, -0.2) is 25.8 Å². The van der Waals surface area contributed by atoms with Gasteiger partial charge in [-0.05, 0) is 40.8 Å². The zero-order valence-electron chi connectivity index (χ0n) is 9.93. The van der Waals surface area contributed by atoms with Gasteiger partial charge in [-0.25, -0.2) is 9.48 Å². The van der Waals surface area contributed by atoms with Crippen molar-refractivity contribution in [3.05, 3.63) is 55.9 Å². The van der Waals surface area contributed by atoms with Gasteiger partial charge >= 0.3 is 5.97 Å². The minimum atomic E-state index is -1.17. The Morgan fingerprint density at radius 2 is 2.25 bits per heavy atom. The molecule has 102 valence electrons. The maximum Gasteiger partial charge on any atom is 0.328 e. The molecule has 0 bridgehead atoms. The first-order valence-corrected chi connectivity index (χ1v) is 6.45. The second-order valence-corrected chi connectivity index (χ2v) is 5.02. The highest BCUT2D eigenvalue weighted by molar-refractivity contribution is 14.1. The highest BCUT2D eigenvalue weighted by atomic mass is 127. The van der Waals surface area contributed by atoms with Crippen molar-refractivity contribution >= 4 is 40.3 Å². The number of rotatable bonds is 4. The Hall–Kier alpha value is -2.23. The summed E-state index contributed by atoms with van der Waals surface area (Å²) in [6.45, 7) is 0. The number of benzene rings is 1. The van der Waals surface area contributed by atoms with E-state index < -0.39 is 10.9 Å². The van der Waals surface area contributed by atoms with E-state index in [1.54, 1.807) is 23.1 Å². The lowest BCUT2D eigenvalue weighted by atomic mass is 10.1. The Bertz CT molecular complexity index is 708. The smallest absolute Gasteiger partial charge is 0.328 e. The first kappa shape index (κ1) is 14.2. The van der Waals surface area contributed by atoms with Gasteiger partial charge in [0, 0.05) is 18.3 Å². The van der Waals surface area contributed by atoms with Gasteiger partial charge in [-0.15, -0.1) is 0 Å². The summed E-state index contributed by atoms with van der Waals surface area (Å²) in [5.74, 6) is -1.17. The van der Waals surface area contributed by atoms with E-state index in [2.05, 4.69) is 27.7 Å². The maximum atomic E-state index is 10.9. The Morgan fingerprint density at radius 1 is 1.50 bits per heavy atom. The predicted octanol–water partition coefficient (Wildman–Crippen LogP) is 2.48. The summed E-state index contributed by atoms with van der Waals surface area (Å²) >= 11 is 2.10. The quantitative estimate of drug-likeness (QED) is 0.378. The molecule has 1 aromatic carbocycles. The number of carbonyl (C=O) groups is 1. The number of carboxylic acid groups (broad SMARTS) is 1. The van der Waals surface area contributed by atoms with Gasteiger partial charge in [-0.3, -0.25) is 10.1 Å². The molecule has 0 fully saturated rings. The number of aliphatic carboxylic acids is 1. The van der Waals surface area contributed by atoms with Crippen LogP contribution in [0.3, 0.4) is 0 Å². The highest BCUT2D eigenvalue weighted by Crippen LogP contribution is 2.23. The molecule has 2 aromatic rings. The molecule has 0 unspecified atom stereocenters. The third-order valence-corrected chi connectivity index (χ3v) is 2.99. The van der Waals surface area contributed by atoms with Crippen LogP contribution in [0.4, 0.5) is 5.69 Å². The van der Waals surface area contributed by atoms with Gasteiger partial charge in [0.15, 0.2) is 0 Å². The molecule has 0 aliphatic rings. The van der Waals surface area contributed by atoms with Crippen molar-refractivity contribution in [2.24, 2.45) is 0 Å². The molecule has 0 aliphatic heterocycles. The van der Waals surface area contributed by atoms with Crippen LogP contribution in [0, 0.1) is 13.7 Å². The first-order chi connectivity index (χ1) is 9.47. The fraction of sp³-hybridized carbons (Fsp3) is 0. The molecule has 0 atom stereocenters. The topological polar surface area (TPSA) is 98.3 Å². The molecule has 0 spiro atoms. The van der Waals surface area contributed by atoms with Crippen LogP contribution in [0.5, 0.6) is 0 Å². The summed E-state index contributed by atoms with van der Waals surface area (Å²) in [4.78, 5) is 20.9. The van der Waals surface area contributed by atoms with Gasteiger partial charge in [0.05, 0.1) is 25.9 Å². The number of nitro groups is 1. The van der Waals surface area contributed by atoms with Gasteiger partial charge in [0.2, 0.25) is 0 Å². The van der Waals surface area contributed by atoms with Gasteiger partial charge < -0.3 is 5.11 Å². The Kier molecular flexibility index (Phi) is 4.13. The van der Waals surface area contributed by atoms with E-state index in [0.29, 0.717) is 5.69 Å². The minimum absolute atomic E-state index is 0.159. The van der Waals surface area contributed by atoms with E-state index in [1.165, 1.54) is 18.2 Å². The van der Waals surface area contributed by atoms with Crippen LogP contribution in [0.25, 0.3) is 11.8 Å². The van der Waals surface area contributed by atoms with E-state index in [-0.39, 0.29) is 11.3 Å². The van der Waals surface area contributed by atoms with Crippen molar-refractivity contribution in [1.82, 2.24) is 9.78 Å². The van der Waals surface area contributed by atoms with Crippen LogP contribution in [0.1, 0.15) is 5.56 Å². The molecule has 20 heavy (non-hydrogen) atoms. The number of hydrogen-bond acceptors (Lipinski definition) is 4. The summed E-state index contributed by atoms with van der Waals surface area (Å²) in [6.07, 6.45) is 5.46. The largest absolute Gasteiger partial charge is 0.478 e. The van der Waals surface area contributed by atoms with E-state index in [0.717, 1.165) is 9.65 Å². The average molecular weight is 385 g/mol. The number of nitro benzene ring substituents is 1. The number of nitrogens with zero attached hydrogens (tertiary/aromatic N) is 3. The molecule has 7 nitrogen and oxygen atoms in total. The summed E-state index contributed by atoms with van der Waals surface area (Å²) < 4.78 is 2.48. The molecule has 8 heteroatoms. The Labute approximate surface area is 126 Å². The molecule has 0 amide bonds. The zero-order valence-corrected chi connectivity index (χ0v) is 12.1. The number of halogens is 1. The third kappa shape index (κ3) is 3.20. The first-order valence-electron chi connectivity index (χ1n) is 5.37. The third-order valence-electron chi connectivity index (χ3n) is 2.43. The molecular weight excluding hydrogens is 377 g/mol. The summed E-state index contributed by atoms with van der Waals surface area (Å²) in [5.41, 5.74) is 0.664. The van der Waals surface area contributed by atoms with Crippen molar-refractivity contribution in [1.29, 1.82) is 0 Å². The normalized spacial score (nSPS) is 10.8. The molecular formula is C12H8IN3O4. The van der Waals surface area contributed by atoms with Crippen LogP contribution in [0.15, 0.2) is 36.7 Å². The second kappa shape index (κ2) is 5.82. The van der Waals surface area contributed by atoms with Gasteiger partial charge in [0.25, 0.3) is 5.69 Å². The molecule has 1 heterocycles. The SMILES string of the molecule is O=C(O)/C=C/c1cc(-n2cc(I)cn2)ccc1[N+](=O)[O-]. The van der Waals surface area contributed by atoms with Crippen LogP contribution < -0.4 is 0 Å². The van der Waals surface area contributed by atoms with E-state index in [1.807, 2.05) is 0 Å². The molecule has 1 aromatic heterocycles. The van der Waals surface area contributed by atoms with Gasteiger partial charge in [-0.2, -0.15) is 5.10 Å². The molecule has 0 aliphatic carbocycles. The minimum Gasteiger partial charge on any atom is -0.478 e. The Morgan fingerprint density at radius 3 is 2.80 bits per heavy atom. The summed E-state index contributed by atoms with van der Waals surface area (Å²) in [5, 5.41) is 23.6. The maximum absolute atomic E-state index is 10.9. The van der Waals surface area contributed by atoms with Crippen molar-refractivity contribution in [2.75, 3.05) is 0 Å². The second-order valence-electron chi connectivity index (χ2n) is 3.77. The molecule has 2 rings (SSSR count). The van der Waals surface area contributed by atoms with Crippen molar-refractivity contribution in [3.8, 4) is 5.69 Å². The van der Waals surface area contributed by atoms with Gasteiger partial charge in [-0.1, -0.05) is 0 Å². The van der Waals surface area contributed by atoms with Crippen LogP contribution >= 0.6 is 22.6 Å². The number of carboxylic acids is 1. The van der Waals surface area contributed by atoms with Crippen LogP contribution in [-0.2, 0) is 4.79 Å². The molecule has 0 saturated heterocycles. The number of aromatic nitrogens is 2. The molecule has 0 saturated carbocycles. The molecule has 0 radical (unpaired) electrons. The Balaban J connectivity index is 2.50.